The molecule has 0 radical (unpaired) electrons. The number of benzene rings is 3. The number of anilines is 1. The fourth-order valence-corrected chi connectivity index (χ4v) is 14.8. The number of imide groups is 1. The van der Waals surface area contributed by atoms with E-state index in [4.69, 9.17) is 23.2 Å². The smallest absolute Gasteiger partial charge is 0.244 e. The van der Waals surface area contributed by atoms with Crippen LogP contribution in [0.3, 0.4) is 0 Å². The Morgan fingerprint density at radius 2 is 1.60 bits per heavy atom. The molecule has 12 rings (SSSR count). The van der Waals surface area contributed by atoms with E-state index < -0.39 is 52.8 Å². The van der Waals surface area contributed by atoms with Gasteiger partial charge in [0, 0.05) is 64.7 Å². The second kappa shape index (κ2) is 17.0. The van der Waals surface area contributed by atoms with Crippen molar-refractivity contribution in [2.75, 3.05) is 18.4 Å². The van der Waals surface area contributed by atoms with E-state index in [9.17, 15) is 24.6 Å². The van der Waals surface area contributed by atoms with E-state index in [1.165, 1.54) is 6.07 Å². The maximum absolute atomic E-state index is 16.5. The molecule has 68 heavy (non-hydrogen) atoms. The molecule has 4 aliphatic carbocycles. The number of nitrogens with one attached hydrogen (secondary N) is 4. The standard InChI is InChI=1S/C53H61Cl2FN6O6/c1-49(18-15-31-7-5-8-33-35(31)30-62(46(33)66)39-13-14-40(63)58-44(39)64)25-27-61(28-26-49)48(68)50-19-22-51(23-20-50,24-21-50)60-45(65)43-41(34-9-6-10-37(55)42(34)56)53(52(59-43)16-3-2-4-17-52)36-12-11-32(54)29-38(36)57-47(53)67/h5-12,15,18,29,39,41,43,46,48,59,66,68H,2-4,13-14,16-17,19-28,30H2,1H3,(H,57,67)(H,60,65)(H,58,63,64)/b18-15-/t39?,41-,43+,46?,48?,50?,51?,53+/m0/s1. The molecule has 4 saturated carbocycles. The molecule has 4 amide bonds. The van der Waals surface area contributed by atoms with Gasteiger partial charge in [0.2, 0.25) is 23.6 Å². The summed E-state index contributed by atoms with van der Waals surface area (Å²) in [7, 11) is 0. The number of likely N-dealkylation sites (tertiary alicyclic amines) is 1. The third-order valence-electron chi connectivity index (χ3n) is 18.3. The highest BCUT2D eigenvalue weighted by Crippen LogP contribution is 2.63. The first-order chi connectivity index (χ1) is 32.6. The molecule has 12 nitrogen and oxygen atoms in total. The third-order valence-corrected chi connectivity index (χ3v) is 18.8. The Morgan fingerprint density at radius 3 is 2.32 bits per heavy atom. The van der Waals surface area contributed by atoms with Gasteiger partial charge in [0.15, 0.2) is 0 Å². The highest BCUT2D eigenvalue weighted by atomic mass is 35.5. The van der Waals surface area contributed by atoms with Crippen molar-refractivity contribution in [3.05, 3.63) is 104 Å². The first-order valence-electron chi connectivity index (χ1n) is 24.8. The Bertz CT molecular complexity index is 2590. The molecule has 5 aliphatic heterocycles. The maximum Gasteiger partial charge on any atom is 0.244 e. The summed E-state index contributed by atoms with van der Waals surface area (Å²) >= 11 is 13.0. The second-order valence-corrected chi connectivity index (χ2v) is 22.6. The van der Waals surface area contributed by atoms with Crippen molar-refractivity contribution in [3.8, 4) is 0 Å². The number of hydrogen-bond acceptors (Lipinski definition) is 9. The highest BCUT2D eigenvalue weighted by Gasteiger charge is 2.72. The number of hydrogen-bond donors (Lipinski definition) is 6. The van der Waals surface area contributed by atoms with Crippen LogP contribution in [-0.4, -0.2) is 86.1 Å². The number of carbonyl (C=O) groups is 4. The molecule has 15 heteroatoms. The first-order valence-corrected chi connectivity index (χ1v) is 25.5. The molecule has 0 aromatic heterocycles. The summed E-state index contributed by atoms with van der Waals surface area (Å²) in [6, 6.07) is 14.6. The Hall–Kier alpha value is -4.21. The van der Waals surface area contributed by atoms with Crippen molar-refractivity contribution >= 4 is 58.6 Å². The third kappa shape index (κ3) is 7.22. The Morgan fingerprint density at radius 1 is 0.897 bits per heavy atom. The minimum Gasteiger partial charge on any atom is -0.378 e. The SMILES string of the molecule is CC1(/C=C\c2cccc3c2CN(C2CCC(=O)NC2=O)C3O)CCN(C(O)C23CCC(NC(=O)[C@@H]4NC5(CCCCC5)[C@@]5(C(=O)Nc6cc(Cl)ccc65)[C@H]4c4cccc(Cl)c4F)(CC2)CC3)CC1. The van der Waals surface area contributed by atoms with Crippen LogP contribution >= 0.6 is 23.2 Å². The van der Waals surface area contributed by atoms with E-state index >= 15 is 9.18 Å². The summed E-state index contributed by atoms with van der Waals surface area (Å²) in [6.45, 7) is 4.15. The number of allylic oxidation sites excluding steroid dienone is 1. The number of piperidine rings is 2. The van der Waals surface area contributed by atoms with Gasteiger partial charge in [-0.15, -0.1) is 0 Å². The topological polar surface area (TPSA) is 163 Å². The van der Waals surface area contributed by atoms with Gasteiger partial charge in [-0.2, -0.15) is 0 Å². The summed E-state index contributed by atoms with van der Waals surface area (Å²) < 4.78 is 16.5. The summed E-state index contributed by atoms with van der Waals surface area (Å²) in [5.41, 5.74) is 1.31. The molecule has 6 N–H and O–H groups in total. The van der Waals surface area contributed by atoms with Crippen LogP contribution in [0.4, 0.5) is 10.1 Å². The van der Waals surface area contributed by atoms with Crippen LogP contribution in [0.1, 0.15) is 143 Å². The lowest BCUT2D eigenvalue weighted by Gasteiger charge is -2.57. The molecule has 3 aromatic carbocycles. The van der Waals surface area contributed by atoms with Crippen molar-refractivity contribution in [1.29, 1.82) is 0 Å². The molecule has 3 saturated heterocycles. The predicted molar refractivity (Wildman–Crippen MR) is 257 cm³/mol. The molecule has 3 aromatic rings. The maximum atomic E-state index is 16.5. The Labute approximate surface area is 406 Å². The number of nitrogens with zero attached hydrogens (tertiary/aromatic N) is 2. The van der Waals surface area contributed by atoms with Gasteiger partial charge >= 0.3 is 0 Å². The van der Waals surface area contributed by atoms with Crippen LogP contribution in [0.5, 0.6) is 0 Å². The van der Waals surface area contributed by atoms with Crippen LogP contribution in [0.2, 0.25) is 10.0 Å². The van der Waals surface area contributed by atoms with E-state index in [0.29, 0.717) is 55.8 Å². The zero-order valence-electron chi connectivity index (χ0n) is 38.5. The van der Waals surface area contributed by atoms with Gasteiger partial charge in [-0.1, -0.05) is 97.9 Å². The number of rotatable bonds is 8. The average molecular weight is 968 g/mol. The van der Waals surface area contributed by atoms with Crippen molar-refractivity contribution < 1.29 is 33.8 Å². The van der Waals surface area contributed by atoms with Crippen LogP contribution in [-0.2, 0) is 31.1 Å². The molecule has 360 valence electrons. The van der Waals surface area contributed by atoms with E-state index in [1.54, 1.807) is 29.2 Å². The normalized spacial score (nSPS) is 33.5. The summed E-state index contributed by atoms with van der Waals surface area (Å²) in [5.74, 6) is -2.67. The minimum atomic E-state index is -1.30. The van der Waals surface area contributed by atoms with Crippen LogP contribution < -0.4 is 21.3 Å². The quantitative estimate of drug-likeness (QED) is 0.124. The number of carbonyl (C=O) groups excluding carboxylic acids is 4. The summed E-state index contributed by atoms with van der Waals surface area (Å²) in [6.07, 6.45) is 13.7. The molecular formula is C53H61Cl2FN6O6. The zero-order chi connectivity index (χ0) is 47.4. The van der Waals surface area contributed by atoms with Gasteiger partial charge < -0.3 is 20.8 Å². The van der Waals surface area contributed by atoms with Crippen molar-refractivity contribution in [2.24, 2.45) is 10.8 Å². The number of aliphatic hydroxyl groups excluding tert-OH is 2. The van der Waals surface area contributed by atoms with E-state index in [1.807, 2.05) is 24.3 Å². The zero-order valence-corrected chi connectivity index (χ0v) is 40.0. The van der Waals surface area contributed by atoms with Crippen LogP contribution in [0, 0.1) is 16.6 Å². The predicted octanol–water partition coefficient (Wildman–Crippen LogP) is 7.74. The number of halogens is 3. The van der Waals surface area contributed by atoms with Gasteiger partial charge in [-0.3, -0.25) is 39.6 Å². The lowest BCUT2D eigenvalue weighted by Crippen LogP contribution is -2.64. The minimum absolute atomic E-state index is 0.0582. The van der Waals surface area contributed by atoms with Crippen LogP contribution in [0.25, 0.3) is 6.08 Å². The van der Waals surface area contributed by atoms with E-state index in [0.717, 1.165) is 86.7 Å². The summed E-state index contributed by atoms with van der Waals surface area (Å²) in [5, 5.41) is 36.7. The van der Waals surface area contributed by atoms with E-state index in [2.05, 4.69) is 45.2 Å². The second-order valence-electron chi connectivity index (χ2n) is 21.8. The molecule has 6 atom stereocenters. The molecule has 7 fully saturated rings. The van der Waals surface area contributed by atoms with Crippen molar-refractivity contribution in [2.45, 2.75) is 157 Å². The first kappa shape index (κ1) is 46.2. The van der Waals surface area contributed by atoms with E-state index in [-0.39, 0.29) is 51.5 Å². The highest BCUT2D eigenvalue weighted by molar-refractivity contribution is 6.31. The number of fused-ring (bicyclic) bond motifs is 7. The van der Waals surface area contributed by atoms with Crippen molar-refractivity contribution in [1.82, 2.24) is 25.8 Å². The fourth-order valence-electron chi connectivity index (χ4n) is 14.4. The monoisotopic (exact) mass is 966 g/mol. The van der Waals surface area contributed by atoms with Gasteiger partial charge in [0.1, 0.15) is 23.7 Å². The molecule has 9 aliphatic rings. The molecule has 2 spiro atoms. The lowest BCUT2D eigenvalue weighted by molar-refractivity contribution is -0.155. The number of amides is 4. The number of aliphatic hydroxyl groups is 2. The molecular weight excluding hydrogens is 907 g/mol. The van der Waals surface area contributed by atoms with Crippen molar-refractivity contribution in [3.63, 3.8) is 0 Å². The molecule has 5 heterocycles. The largest absolute Gasteiger partial charge is 0.378 e. The molecule has 3 unspecified atom stereocenters. The van der Waals surface area contributed by atoms with Crippen LogP contribution in [0.15, 0.2) is 60.7 Å². The van der Waals surface area contributed by atoms with Gasteiger partial charge in [0.05, 0.1) is 17.1 Å². The lowest BCUT2D eigenvalue weighted by atomic mass is 9.55. The Kier molecular flexibility index (Phi) is 11.5. The fraction of sp³-hybridized carbons (Fsp3) is 0.547. The summed E-state index contributed by atoms with van der Waals surface area (Å²) in [4.78, 5) is 58.5. The van der Waals surface area contributed by atoms with Gasteiger partial charge in [-0.25, -0.2) is 4.39 Å². The molecule has 2 bridgehead atoms. The Balaban J connectivity index is 0.775. The average Bonchev–Trinajstić information content (AvgIpc) is 3.93. The van der Waals surface area contributed by atoms with Gasteiger partial charge in [-0.05, 0) is 116 Å². The van der Waals surface area contributed by atoms with Gasteiger partial charge in [0.25, 0.3) is 0 Å².